The number of rotatable bonds is 2. The third-order valence-corrected chi connectivity index (χ3v) is 2.51. The van der Waals surface area contributed by atoms with Crippen LogP contribution >= 0.6 is 0 Å². The predicted octanol–water partition coefficient (Wildman–Crippen LogP) is 3.95. The molecule has 0 aromatic carbocycles. The summed E-state index contributed by atoms with van der Waals surface area (Å²) in [7, 11) is 0. The van der Waals surface area contributed by atoms with Crippen molar-refractivity contribution in [2.75, 3.05) is 0 Å². The van der Waals surface area contributed by atoms with Crippen molar-refractivity contribution in [3.05, 3.63) is 23.3 Å². The van der Waals surface area contributed by atoms with Crippen LogP contribution in [0.3, 0.4) is 0 Å². The zero-order valence-corrected chi connectivity index (χ0v) is 8.72. The third kappa shape index (κ3) is 2.00. The van der Waals surface area contributed by atoms with E-state index in [9.17, 15) is 0 Å². The summed E-state index contributed by atoms with van der Waals surface area (Å²) in [5, 5.41) is 0. The van der Waals surface area contributed by atoms with E-state index in [2.05, 4.69) is 39.8 Å². The van der Waals surface area contributed by atoms with E-state index in [1.165, 1.54) is 12.8 Å². The Morgan fingerprint density at radius 1 is 1.17 bits per heavy atom. The van der Waals surface area contributed by atoms with Gasteiger partial charge in [-0.25, -0.2) is 0 Å². The highest BCUT2D eigenvalue weighted by molar-refractivity contribution is 5.32. The Bertz CT molecular complexity index is 194. The first-order valence-corrected chi connectivity index (χ1v) is 5.02. The lowest BCUT2D eigenvalue weighted by Crippen LogP contribution is -2.04. The van der Waals surface area contributed by atoms with E-state index in [-0.39, 0.29) is 0 Å². The molecule has 0 nitrogen and oxygen atoms in total. The van der Waals surface area contributed by atoms with Crippen molar-refractivity contribution < 1.29 is 0 Å². The molecule has 12 heavy (non-hydrogen) atoms. The molecule has 0 aromatic heterocycles. The van der Waals surface area contributed by atoms with Gasteiger partial charge in [0, 0.05) is 0 Å². The quantitative estimate of drug-likeness (QED) is 0.580. The molecule has 68 valence electrons. The van der Waals surface area contributed by atoms with E-state index in [1.54, 1.807) is 11.1 Å². The number of allylic oxidation sites excluding steroid dienone is 4. The molecule has 0 heterocycles. The fourth-order valence-electron chi connectivity index (χ4n) is 2.20. The minimum absolute atomic E-state index is 0.711. The van der Waals surface area contributed by atoms with Gasteiger partial charge in [-0.15, -0.1) is 0 Å². The molecule has 0 bridgehead atoms. The average Bonchev–Trinajstić information content (AvgIpc) is 2.37. The van der Waals surface area contributed by atoms with Crippen LogP contribution in [-0.2, 0) is 0 Å². The van der Waals surface area contributed by atoms with Gasteiger partial charge < -0.3 is 0 Å². The first kappa shape index (κ1) is 9.57. The molecule has 1 rings (SSSR count). The van der Waals surface area contributed by atoms with E-state index >= 15 is 0 Å². The molecule has 0 aliphatic heterocycles. The van der Waals surface area contributed by atoms with Gasteiger partial charge in [0.05, 0.1) is 0 Å². The van der Waals surface area contributed by atoms with Crippen LogP contribution in [0.15, 0.2) is 23.3 Å². The van der Waals surface area contributed by atoms with Crippen molar-refractivity contribution in [3.63, 3.8) is 0 Å². The predicted molar refractivity (Wildman–Crippen MR) is 55.1 cm³/mol. The van der Waals surface area contributed by atoms with Crippen LogP contribution in [-0.4, -0.2) is 0 Å². The molecule has 0 heteroatoms. The lowest BCUT2D eigenvalue weighted by molar-refractivity contribution is 0.614. The van der Waals surface area contributed by atoms with Crippen molar-refractivity contribution in [3.8, 4) is 0 Å². The molecule has 0 amide bonds. The lowest BCUT2D eigenvalue weighted by Gasteiger charge is -2.18. The molecule has 1 aliphatic rings. The Morgan fingerprint density at radius 3 is 2.08 bits per heavy atom. The van der Waals surface area contributed by atoms with Crippen LogP contribution in [0.5, 0.6) is 0 Å². The summed E-state index contributed by atoms with van der Waals surface area (Å²) in [4.78, 5) is 0. The maximum absolute atomic E-state index is 2.31. The molecule has 0 N–H and O–H groups in total. The Kier molecular flexibility index (Phi) is 3.13. The van der Waals surface area contributed by atoms with Gasteiger partial charge in [-0.1, -0.05) is 45.4 Å². The second kappa shape index (κ2) is 3.93. The largest absolute Gasteiger partial charge is 0.0839 e. The minimum atomic E-state index is 0.711. The number of hydrogen-bond acceptors (Lipinski definition) is 0. The highest BCUT2D eigenvalue weighted by atomic mass is 14.2. The zero-order chi connectivity index (χ0) is 9.14. The minimum Gasteiger partial charge on any atom is -0.0839 e. The summed E-state index contributed by atoms with van der Waals surface area (Å²) in [5.41, 5.74) is 3.25. The Hall–Kier alpha value is -0.520. The van der Waals surface area contributed by atoms with Crippen molar-refractivity contribution in [2.24, 2.45) is 11.8 Å². The van der Waals surface area contributed by atoms with E-state index in [4.69, 9.17) is 0 Å². The first-order chi connectivity index (χ1) is 5.63. The maximum atomic E-state index is 2.31. The van der Waals surface area contributed by atoms with Crippen molar-refractivity contribution in [1.82, 2.24) is 0 Å². The molecule has 0 fully saturated rings. The molecule has 0 aromatic rings. The van der Waals surface area contributed by atoms with Gasteiger partial charge >= 0.3 is 0 Å². The number of hydrogen-bond donors (Lipinski definition) is 0. The Balaban J connectivity index is 2.90. The topological polar surface area (TPSA) is 0 Å². The van der Waals surface area contributed by atoms with Gasteiger partial charge in [0.1, 0.15) is 0 Å². The standard InChI is InChI=1S/C12H20/c1-9(2)12(10(3)4)11-7-5-6-8-11/h5,7,9-10H,6,8H2,1-4H3. The average molecular weight is 164 g/mol. The van der Waals surface area contributed by atoms with Crippen LogP contribution in [0.4, 0.5) is 0 Å². The molecule has 0 atom stereocenters. The zero-order valence-electron chi connectivity index (χ0n) is 8.72. The van der Waals surface area contributed by atoms with E-state index < -0.39 is 0 Å². The Morgan fingerprint density at radius 2 is 1.75 bits per heavy atom. The van der Waals surface area contributed by atoms with Gasteiger partial charge in [-0.05, 0) is 30.3 Å². The van der Waals surface area contributed by atoms with Crippen molar-refractivity contribution in [1.29, 1.82) is 0 Å². The lowest BCUT2D eigenvalue weighted by atomic mass is 9.88. The summed E-state index contributed by atoms with van der Waals surface area (Å²) >= 11 is 0. The summed E-state index contributed by atoms with van der Waals surface area (Å²) in [5.74, 6) is 1.42. The summed E-state index contributed by atoms with van der Waals surface area (Å²) in [6, 6.07) is 0. The second-order valence-corrected chi connectivity index (χ2v) is 4.23. The molecular formula is C12H20. The van der Waals surface area contributed by atoms with Crippen molar-refractivity contribution in [2.45, 2.75) is 40.5 Å². The van der Waals surface area contributed by atoms with Gasteiger partial charge in [0.25, 0.3) is 0 Å². The fourth-order valence-corrected chi connectivity index (χ4v) is 2.20. The van der Waals surface area contributed by atoms with E-state index in [0.717, 1.165) is 0 Å². The monoisotopic (exact) mass is 164 g/mol. The third-order valence-electron chi connectivity index (χ3n) is 2.51. The molecule has 1 aliphatic carbocycles. The molecule has 0 spiro atoms. The van der Waals surface area contributed by atoms with Crippen LogP contribution in [0.2, 0.25) is 0 Å². The maximum Gasteiger partial charge on any atom is -0.0244 e. The van der Waals surface area contributed by atoms with Gasteiger partial charge in [0.15, 0.2) is 0 Å². The second-order valence-electron chi connectivity index (χ2n) is 4.23. The molecule has 0 radical (unpaired) electrons. The van der Waals surface area contributed by atoms with E-state index in [0.29, 0.717) is 11.8 Å². The highest BCUT2D eigenvalue weighted by Gasteiger charge is 2.13. The van der Waals surface area contributed by atoms with E-state index in [1.807, 2.05) is 0 Å². The van der Waals surface area contributed by atoms with Crippen molar-refractivity contribution >= 4 is 0 Å². The van der Waals surface area contributed by atoms with Gasteiger partial charge in [0.2, 0.25) is 0 Å². The highest BCUT2D eigenvalue weighted by Crippen LogP contribution is 2.29. The molecule has 0 saturated carbocycles. The van der Waals surface area contributed by atoms with Crippen LogP contribution in [0.25, 0.3) is 0 Å². The molecular weight excluding hydrogens is 144 g/mol. The Labute approximate surface area is 76.4 Å². The summed E-state index contributed by atoms with van der Waals surface area (Å²) in [6.07, 6.45) is 7.12. The van der Waals surface area contributed by atoms with Crippen LogP contribution in [0, 0.1) is 11.8 Å². The normalized spacial score (nSPS) is 16.7. The fraction of sp³-hybridized carbons (Fsp3) is 0.667. The van der Waals surface area contributed by atoms with Gasteiger partial charge in [-0.3, -0.25) is 0 Å². The molecule has 0 saturated heterocycles. The smallest absolute Gasteiger partial charge is 0.0244 e. The van der Waals surface area contributed by atoms with Crippen LogP contribution < -0.4 is 0 Å². The summed E-state index contributed by atoms with van der Waals surface area (Å²) in [6.45, 7) is 9.20. The SMILES string of the molecule is CC(C)C(=C1C=CCC1)C(C)C. The first-order valence-electron chi connectivity index (χ1n) is 5.02. The molecule has 0 unspecified atom stereocenters. The summed E-state index contributed by atoms with van der Waals surface area (Å²) < 4.78 is 0. The van der Waals surface area contributed by atoms with Crippen LogP contribution in [0.1, 0.15) is 40.5 Å². The van der Waals surface area contributed by atoms with Gasteiger partial charge in [-0.2, -0.15) is 0 Å².